The molecule has 2 heterocycles. The van der Waals surface area contributed by atoms with Crippen LogP contribution in [0.25, 0.3) is 11.4 Å². The Morgan fingerprint density at radius 3 is 2.96 bits per heavy atom. The van der Waals surface area contributed by atoms with E-state index in [9.17, 15) is 0 Å². The Balaban J connectivity index is 1.26. The first-order chi connectivity index (χ1) is 13.8. The molecule has 1 unspecified atom stereocenters. The molecule has 0 amide bonds. The second kappa shape index (κ2) is 9.19. The summed E-state index contributed by atoms with van der Waals surface area (Å²) in [4.78, 5) is 11.3. The number of rotatable bonds is 6. The molecule has 0 spiro atoms. The third-order valence-electron chi connectivity index (χ3n) is 5.90. The largest absolute Gasteiger partial charge is 0.352 e. The Morgan fingerprint density at radius 1 is 1.29 bits per heavy atom. The third kappa shape index (κ3) is 4.90. The molecule has 1 atom stereocenters. The van der Waals surface area contributed by atoms with Gasteiger partial charge < -0.3 is 15.5 Å². The van der Waals surface area contributed by atoms with Crippen LogP contribution in [0.3, 0.4) is 0 Å². The molecule has 28 heavy (non-hydrogen) atoms. The minimum Gasteiger partial charge on any atom is -0.352 e. The van der Waals surface area contributed by atoms with Crippen molar-refractivity contribution >= 4 is 5.96 Å². The Kier molecular flexibility index (Phi) is 6.21. The van der Waals surface area contributed by atoms with Crippen LogP contribution < -0.4 is 10.6 Å². The van der Waals surface area contributed by atoms with Crippen LogP contribution >= 0.6 is 0 Å². The van der Waals surface area contributed by atoms with Crippen molar-refractivity contribution in [1.82, 2.24) is 30.7 Å². The second-order valence-corrected chi connectivity index (χ2v) is 8.00. The molecule has 2 fully saturated rings. The number of hydrogen-bond acceptors (Lipinski definition) is 4. The monoisotopic (exact) mass is 381 g/mol. The van der Waals surface area contributed by atoms with Crippen molar-refractivity contribution in [3.05, 3.63) is 36.2 Å². The van der Waals surface area contributed by atoms with Crippen molar-refractivity contribution in [3.63, 3.8) is 0 Å². The van der Waals surface area contributed by atoms with Gasteiger partial charge in [-0.05, 0) is 36.8 Å². The number of nitrogens with zero attached hydrogens (tertiary/aromatic N) is 4. The molecule has 1 saturated carbocycles. The molecule has 7 nitrogen and oxygen atoms in total. The highest BCUT2D eigenvalue weighted by molar-refractivity contribution is 5.80. The molecule has 4 rings (SSSR count). The highest BCUT2D eigenvalue weighted by atomic mass is 15.2. The van der Waals surface area contributed by atoms with Crippen LogP contribution in [0, 0.1) is 5.92 Å². The van der Waals surface area contributed by atoms with Gasteiger partial charge in [-0.25, -0.2) is 4.98 Å². The van der Waals surface area contributed by atoms with Gasteiger partial charge in [0, 0.05) is 44.8 Å². The van der Waals surface area contributed by atoms with E-state index in [0.717, 1.165) is 36.4 Å². The van der Waals surface area contributed by atoms with E-state index in [4.69, 9.17) is 0 Å². The van der Waals surface area contributed by atoms with Gasteiger partial charge in [0.15, 0.2) is 11.8 Å². The fourth-order valence-corrected chi connectivity index (χ4v) is 4.42. The maximum atomic E-state index is 4.41. The van der Waals surface area contributed by atoms with Gasteiger partial charge in [-0.1, -0.05) is 31.0 Å². The van der Waals surface area contributed by atoms with Gasteiger partial charge in [0.25, 0.3) is 0 Å². The lowest BCUT2D eigenvalue weighted by Crippen LogP contribution is -2.44. The summed E-state index contributed by atoms with van der Waals surface area (Å²) in [7, 11) is 1.84. The van der Waals surface area contributed by atoms with Crippen LogP contribution in [0.5, 0.6) is 0 Å². The molecule has 1 aliphatic heterocycles. The summed E-state index contributed by atoms with van der Waals surface area (Å²) in [5.74, 6) is 2.59. The van der Waals surface area contributed by atoms with Crippen LogP contribution in [-0.2, 0) is 6.54 Å². The highest BCUT2D eigenvalue weighted by Gasteiger charge is 2.26. The Bertz CT molecular complexity index is 765. The number of aliphatic imine (C=N–C) groups is 1. The van der Waals surface area contributed by atoms with E-state index in [1.54, 1.807) is 0 Å². The van der Waals surface area contributed by atoms with Gasteiger partial charge in [0.1, 0.15) is 6.33 Å². The zero-order chi connectivity index (χ0) is 19.2. The standard InChI is InChI=1S/C21H31N7/c1-22-21(26-19-9-10-28(14-19)13-16-5-2-3-6-16)23-12-17-7-4-8-18(11-17)20-24-15-25-27-20/h4,7-8,11,15-16,19H,2-3,5-6,9-10,12-14H2,1H3,(H2,22,23,26)(H,24,25,27). The average molecular weight is 382 g/mol. The molecule has 1 aromatic carbocycles. The van der Waals surface area contributed by atoms with Crippen LogP contribution in [0.15, 0.2) is 35.6 Å². The number of hydrogen-bond donors (Lipinski definition) is 3. The van der Waals surface area contributed by atoms with Crippen molar-refractivity contribution < 1.29 is 0 Å². The van der Waals surface area contributed by atoms with E-state index in [2.05, 4.69) is 47.8 Å². The maximum absolute atomic E-state index is 4.41. The summed E-state index contributed by atoms with van der Waals surface area (Å²) in [6.45, 7) is 4.32. The zero-order valence-corrected chi connectivity index (χ0v) is 16.7. The molecule has 2 aliphatic rings. The van der Waals surface area contributed by atoms with E-state index in [-0.39, 0.29) is 0 Å². The molecule has 3 N–H and O–H groups in total. The minimum atomic E-state index is 0.480. The highest BCUT2D eigenvalue weighted by Crippen LogP contribution is 2.26. The summed E-state index contributed by atoms with van der Waals surface area (Å²) >= 11 is 0. The SMILES string of the molecule is CN=C(NCc1cccc(-c2ncn[nH]2)c1)NC1CCN(CC2CCCC2)C1. The Labute approximate surface area is 167 Å². The minimum absolute atomic E-state index is 0.480. The summed E-state index contributed by atoms with van der Waals surface area (Å²) in [5.41, 5.74) is 2.23. The first-order valence-electron chi connectivity index (χ1n) is 10.4. The number of guanidine groups is 1. The molecule has 1 saturated heterocycles. The molecule has 150 valence electrons. The summed E-state index contributed by atoms with van der Waals surface area (Å²) in [6, 6.07) is 8.80. The Hall–Kier alpha value is -2.41. The van der Waals surface area contributed by atoms with E-state index in [1.807, 2.05) is 19.2 Å². The molecule has 0 radical (unpaired) electrons. The number of H-pyrrole nitrogens is 1. The fraction of sp³-hybridized carbons (Fsp3) is 0.571. The number of aromatic nitrogens is 3. The van der Waals surface area contributed by atoms with Crippen LogP contribution in [0.4, 0.5) is 0 Å². The van der Waals surface area contributed by atoms with Crippen LogP contribution in [0.2, 0.25) is 0 Å². The van der Waals surface area contributed by atoms with Gasteiger partial charge in [-0.3, -0.25) is 10.1 Å². The summed E-state index contributed by atoms with van der Waals surface area (Å²) in [5, 5.41) is 13.9. The number of likely N-dealkylation sites (tertiary alicyclic amines) is 1. The molecule has 1 aromatic heterocycles. The zero-order valence-electron chi connectivity index (χ0n) is 16.7. The predicted octanol–water partition coefficient (Wildman–Crippen LogP) is 2.40. The lowest BCUT2D eigenvalue weighted by molar-refractivity contribution is 0.275. The first kappa shape index (κ1) is 18.9. The van der Waals surface area contributed by atoms with Crippen LogP contribution in [0.1, 0.15) is 37.7 Å². The van der Waals surface area contributed by atoms with Gasteiger partial charge in [0.2, 0.25) is 0 Å². The van der Waals surface area contributed by atoms with Crippen molar-refractivity contribution in [2.45, 2.75) is 44.7 Å². The second-order valence-electron chi connectivity index (χ2n) is 8.00. The molecule has 0 bridgehead atoms. The van der Waals surface area contributed by atoms with Gasteiger partial charge in [-0.15, -0.1) is 0 Å². The quantitative estimate of drug-likeness (QED) is 0.529. The predicted molar refractivity (Wildman–Crippen MR) is 112 cm³/mol. The lowest BCUT2D eigenvalue weighted by atomic mass is 10.1. The van der Waals surface area contributed by atoms with E-state index >= 15 is 0 Å². The van der Waals surface area contributed by atoms with Crippen molar-refractivity contribution in [3.8, 4) is 11.4 Å². The number of nitrogens with one attached hydrogen (secondary N) is 3. The molecule has 7 heteroatoms. The van der Waals surface area contributed by atoms with Crippen molar-refractivity contribution in [1.29, 1.82) is 0 Å². The van der Waals surface area contributed by atoms with E-state index in [0.29, 0.717) is 6.04 Å². The summed E-state index contributed by atoms with van der Waals surface area (Å²) in [6.07, 6.45) is 8.41. The Morgan fingerprint density at radius 2 is 2.18 bits per heavy atom. The molecular formula is C21H31N7. The third-order valence-corrected chi connectivity index (χ3v) is 5.90. The van der Waals surface area contributed by atoms with Gasteiger partial charge >= 0.3 is 0 Å². The molecule has 2 aromatic rings. The topological polar surface area (TPSA) is 81.2 Å². The van der Waals surface area contributed by atoms with E-state index < -0.39 is 0 Å². The van der Waals surface area contributed by atoms with Crippen molar-refractivity contribution in [2.75, 3.05) is 26.7 Å². The van der Waals surface area contributed by atoms with Crippen LogP contribution in [-0.4, -0.2) is 58.8 Å². The summed E-state index contributed by atoms with van der Waals surface area (Å²) < 4.78 is 0. The van der Waals surface area contributed by atoms with Crippen molar-refractivity contribution in [2.24, 2.45) is 10.9 Å². The maximum Gasteiger partial charge on any atom is 0.191 e. The lowest BCUT2D eigenvalue weighted by Gasteiger charge is -2.21. The molecule has 1 aliphatic carbocycles. The van der Waals surface area contributed by atoms with Gasteiger partial charge in [-0.2, -0.15) is 5.10 Å². The number of benzene rings is 1. The molecular weight excluding hydrogens is 350 g/mol. The first-order valence-corrected chi connectivity index (χ1v) is 10.4. The number of aromatic amines is 1. The normalized spacial score (nSPS) is 21.3. The smallest absolute Gasteiger partial charge is 0.191 e. The van der Waals surface area contributed by atoms with E-state index in [1.165, 1.54) is 57.1 Å². The fourth-order valence-electron chi connectivity index (χ4n) is 4.42. The average Bonchev–Trinajstić information content (AvgIpc) is 3.49. The van der Waals surface area contributed by atoms with Gasteiger partial charge in [0.05, 0.1) is 0 Å².